The van der Waals surface area contributed by atoms with Crippen molar-refractivity contribution in [2.75, 3.05) is 18.5 Å². The number of anilines is 1. The molecule has 20 heavy (non-hydrogen) atoms. The van der Waals surface area contributed by atoms with Gasteiger partial charge in [-0.3, -0.25) is 4.79 Å². The number of carbonyl (C=O) groups excluding carboxylic acids is 1. The molecule has 2 heterocycles. The number of benzene rings is 1. The highest BCUT2D eigenvalue weighted by molar-refractivity contribution is 6.01. The van der Waals surface area contributed by atoms with Crippen molar-refractivity contribution in [1.29, 1.82) is 0 Å². The average Bonchev–Trinajstić information content (AvgIpc) is 2.80. The number of nitrogens with one attached hydrogen (secondary N) is 1. The largest absolute Gasteiger partial charge is 0.441 e. The molecule has 0 spiro atoms. The SMILES string of the molecule is Cc1nc2c(NC(=O)[C@H]3OCCO[C@H]3C)cccc2o1. The van der Waals surface area contributed by atoms with Crippen LogP contribution in [0.5, 0.6) is 0 Å². The van der Waals surface area contributed by atoms with Gasteiger partial charge in [-0.05, 0) is 19.1 Å². The molecule has 0 bridgehead atoms. The maximum Gasteiger partial charge on any atom is 0.256 e. The van der Waals surface area contributed by atoms with Crippen LogP contribution in [0, 0.1) is 6.92 Å². The predicted octanol–water partition coefficient (Wildman–Crippen LogP) is 1.88. The van der Waals surface area contributed by atoms with E-state index in [-0.39, 0.29) is 12.0 Å². The summed E-state index contributed by atoms with van der Waals surface area (Å²) in [6.07, 6.45) is -0.867. The second kappa shape index (κ2) is 5.22. The fraction of sp³-hybridized carbons (Fsp3) is 0.429. The van der Waals surface area contributed by atoms with Crippen molar-refractivity contribution in [1.82, 2.24) is 4.98 Å². The van der Waals surface area contributed by atoms with Crippen LogP contribution in [0.1, 0.15) is 12.8 Å². The van der Waals surface area contributed by atoms with Gasteiger partial charge in [0.05, 0.1) is 25.0 Å². The molecular formula is C14H16N2O4. The van der Waals surface area contributed by atoms with E-state index < -0.39 is 6.10 Å². The number of ether oxygens (including phenoxy) is 2. The Morgan fingerprint density at radius 3 is 2.95 bits per heavy atom. The van der Waals surface area contributed by atoms with Crippen molar-refractivity contribution in [3.8, 4) is 0 Å². The first-order valence-corrected chi connectivity index (χ1v) is 6.55. The summed E-state index contributed by atoms with van der Waals surface area (Å²) < 4.78 is 16.3. The Morgan fingerprint density at radius 2 is 2.15 bits per heavy atom. The lowest BCUT2D eigenvalue weighted by Gasteiger charge is -2.28. The number of para-hydroxylation sites is 1. The van der Waals surface area contributed by atoms with Crippen molar-refractivity contribution in [3.63, 3.8) is 0 Å². The first kappa shape index (κ1) is 13.1. The van der Waals surface area contributed by atoms with Gasteiger partial charge in [-0.1, -0.05) is 6.07 Å². The summed E-state index contributed by atoms with van der Waals surface area (Å²) in [4.78, 5) is 16.5. The Balaban J connectivity index is 1.83. The van der Waals surface area contributed by atoms with Gasteiger partial charge >= 0.3 is 0 Å². The lowest BCUT2D eigenvalue weighted by atomic mass is 10.2. The summed E-state index contributed by atoms with van der Waals surface area (Å²) in [5, 5.41) is 2.83. The van der Waals surface area contributed by atoms with Gasteiger partial charge < -0.3 is 19.2 Å². The first-order valence-electron chi connectivity index (χ1n) is 6.55. The molecule has 0 unspecified atom stereocenters. The normalized spacial score (nSPS) is 22.9. The lowest BCUT2D eigenvalue weighted by Crippen LogP contribution is -2.44. The highest BCUT2D eigenvalue weighted by Gasteiger charge is 2.30. The zero-order valence-corrected chi connectivity index (χ0v) is 11.4. The third kappa shape index (κ3) is 2.39. The molecule has 3 rings (SSSR count). The topological polar surface area (TPSA) is 73.6 Å². The highest BCUT2D eigenvalue weighted by Crippen LogP contribution is 2.24. The molecular weight excluding hydrogens is 260 g/mol. The van der Waals surface area contributed by atoms with Crippen LogP contribution in [0.15, 0.2) is 22.6 Å². The Kier molecular flexibility index (Phi) is 3.42. The molecule has 2 aromatic rings. The highest BCUT2D eigenvalue weighted by atomic mass is 16.6. The Hall–Kier alpha value is -1.92. The first-order chi connectivity index (χ1) is 9.65. The van der Waals surface area contributed by atoms with E-state index in [1.165, 1.54) is 0 Å². The molecule has 1 fully saturated rings. The number of oxazole rings is 1. The quantitative estimate of drug-likeness (QED) is 0.906. The van der Waals surface area contributed by atoms with Crippen LogP contribution in [0.2, 0.25) is 0 Å². The molecule has 1 amide bonds. The zero-order valence-electron chi connectivity index (χ0n) is 11.4. The maximum atomic E-state index is 12.3. The van der Waals surface area contributed by atoms with E-state index in [0.717, 1.165) is 0 Å². The lowest BCUT2D eigenvalue weighted by molar-refractivity contribution is -0.157. The average molecular weight is 276 g/mol. The molecule has 1 aliphatic heterocycles. The summed E-state index contributed by atoms with van der Waals surface area (Å²) >= 11 is 0. The molecule has 1 aromatic carbocycles. The van der Waals surface area contributed by atoms with E-state index >= 15 is 0 Å². The molecule has 1 aromatic heterocycles. The smallest absolute Gasteiger partial charge is 0.256 e. The third-order valence-corrected chi connectivity index (χ3v) is 3.23. The molecule has 0 saturated carbocycles. The number of rotatable bonds is 2. The van der Waals surface area contributed by atoms with Crippen LogP contribution in [0.4, 0.5) is 5.69 Å². The molecule has 1 saturated heterocycles. The summed E-state index contributed by atoms with van der Waals surface area (Å²) in [6.45, 7) is 4.54. The summed E-state index contributed by atoms with van der Waals surface area (Å²) in [5.41, 5.74) is 1.91. The van der Waals surface area contributed by atoms with Gasteiger partial charge in [0.15, 0.2) is 17.6 Å². The van der Waals surface area contributed by atoms with Crippen LogP contribution >= 0.6 is 0 Å². The molecule has 0 radical (unpaired) electrons. The molecule has 106 valence electrons. The molecule has 1 N–H and O–H groups in total. The van der Waals surface area contributed by atoms with Gasteiger partial charge in [-0.15, -0.1) is 0 Å². The Labute approximate surface area is 116 Å². The van der Waals surface area contributed by atoms with Crippen molar-refractivity contribution in [2.45, 2.75) is 26.1 Å². The van der Waals surface area contributed by atoms with Gasteiger partial charge in [0.1, 0.15) is 5.52 Å². The standard InChI is InChI=1S/C14H16N2O4/c1-8-13(19-7-6-18-8)14(17)16-10-4-3-5-11-12(10)15-9(2)20-11/h3-5,8,13H,6-7H2,1-2H3,(H,16,17)/t8-,13-/m0/s1. The molecule has 6 heteroatoms. The van der Waals surface area contributed by atoms with Gasteiger partial charge in [-0.25, -0.2) is 4.98 Å². The second-order valence-electron chi connectivity index (χ2n) is 4.74. The molecule has 6 nitrogen and oxygen atoms in total. The number of hydrogen-bond donors (Lipinski definition) is 1. The monoisotopic (exact) mass is 276 g/mol. The summed E-state index contributed by atoms with van der Waals surface area (Å²) in [7, 11) is 0. The van der Waals surface area contributed by atoms with Crippen LogP contribution in [-0.4, -0.2) is 36.3 Å². The van der Waals surface area contributed by atoms with Gasteiger partial charge in [0, 0.05) is 6.92 Å². The second-order valence-corrected chi connectivity index (χ2v) is 4.74. The van der Waals surface area contributed by atoms with Crippen LogP contribution < -0.4 is 5.32 Å². The van der Waals surface area contributed by atoms with Crippen molar-refractivity contribution < 1.29 is 18.7 Å². The molecule has 0 aliphatic carbocycles. The van der Waals surface area contributed by atoms with E-state index in [0.29, 0.717) is 35.9 Å². The van der Waals surface area contributed by atoms with Gasteiger partial charge in [0.2, 0.25) is 0 Å². The van der Waals surface area contributed by atoms with Crippen molar-refractivity contribution in [3.05, 3.63) is 24.1 Å². The zero-order chi connectivity index (χ0) is 14.1. The molecule has 2 atom stereocenters. The fourth-order valence-corrected chi connectivity index (χ4v) is 2.28. The van der Waals surface area contributed by atoms with Crippen molar-refractivity contribution in [2.24, 2.45) is 0 Å². The Bertz CT molecular complexity index is 637. The van der Waals surface area contributed by atoms with E-state index in [4.69, 9.17) is 13.9 Å². The van der Waals surface area contributed by atoms with Crippen LogP contribution in [0.3, 0.4) is 0 Å². The Morgan fingerprint density at radius 1 is 1.35 bits per heavy atom. The number of hydrogen-bond acceptors (Lipinski definition) is 5. The van der Waals surface area contributed by atoms with Crippen molar-refractivity contribution >= 4 is 22.7 Å². The summed E-state index contributed by atoms with van der Waals surface area (Å²) in [5.74, 6) is 0.331. The number of fused-ring (bicyclic) bond motifs is 1. The van der Waals surface area contributed by atoms with Gasteiger partial charge in [-0.2, -0.15) is 0 Å². The minimum absolute atomic E-state index is 0.231. The summed E-state index contributed by atoms with van der Waals surface area (Å²) in [6, 6.07) is 5.41. The van der Waals surface area contributed by atoms with E-state index in [2.05, 4.69) is 10.3 Å². The van der Waals surface area contributed by atoms with E-state index in [9.17, 15) is 4.79 Å². The fourth-order valence-electron chi connectivity index (χ4n) is 2.28. The number of aromatic nitrogens is 1. The number of aryl methyl sites for hydroxylation is 1. The number of carbonyl (C=O) groups is 1. The molecule has 1 aliphatic rings. The third-order valence-electron chi connectivity index (χ3n) is 3.23. The number of amides is 1. The van der Waals surface area contributed by atoms with Crippen LogP contribution in [0.25, 0.3) is 11.1 Å². The van der Waals surface area contributed by atoms with Crippen LogP contribution in [-0.2, 0) is 14.3 Å². The minimum Gasteiger partial charge on any atom is -0.441 e. The van der Waals surface area contributed by atoms with Gasteiger partial charge in [0.25, 0.3) is 5.91 Å². The maximum absolute atomic E-state index is 12.3. The predicted molar refractivity (Wildman–Crippen MR) is 72.5 cm³/mol. The number of nitrogens with zero attached hydrogens (tertiary/aromatic N) is 1. The van der Waals surface area contributed by atoms with E-state index in [1.807, 2.05) is 19.1 Å². The van der Waals surface area contributed by atoms with E-state index in [1.54, 1.807) is 13.0 Å². The minimum atomic E-state index is -0.605.